The SMILES string of the molecule is Cc1cc(C)c2c(c1)C=C(CN1CCCC(c3ncc[nH]3)C1)C(=O)C2. The molecule has 2 aromatic rings. The fraction of sp³-hybridized carbons (Fsp3) is 0.429. The minimum absolute atomic E-state index is 0.277. The van der Waals surface area contributed by atoms with Crippen LogP contribution < -0.4 is 0 Å². The number of nitrogens with one attached hydrogen (secondary N) is 1. The summed E-state index contributed by atoms with van der Waals surface area (Å²) in [6, 6.07) is 4.38. The largest absolute Gasteiger partial charge is 0.348 e. The fourth-order valence-corrected chi connectivity index (χ4v) is 4.24. The van der Waals surface area contributed by atoms with Crippen molar-refractivity contribution in [2.75, 3.05) is 19.6 Å². The Morgan fingerprint density at radius 1 is 1.32 bits per heavy atom. The molecule has 1 aliphatic heterocycles. The molecular weight excluding hydrogens is 310 g/mol. The van der Waals surface area contributed by atoms with Gasteiger partial charge in [0.15, 0.2) is 5.78 Å². The number of aromatic nitrogens is 2. The topological polar surface area (TPSA) is 49.0 Å². The summed E-state index contributed by atoms with van der Waals surface area (Å²) in [6.45, 7) is 7.01. The Morgan fingerprint density at radius 2 is 2.20 bits per heavy atom. The number of benzene rings is 1. The van der Waals surface area contributed by atoms with E-state index in [1.165, 1.54) is 22.3 Å². The van der Waals surface area contributed by atoms with Crippen molar-refractivity contribution in [1.29, 1.82) is 0 Å². The lowest BCUT2D eigenvalue weighted by Crippen LogP contribution is -2.37. The van der Waals surface area contributed by atoms with Crippen molar-refractivity contribution in [2.24, 2.45) is 0 Å². The van der Waals surface area contributed by atoms with Crippen LogP contribution in [0.15, 0.2) is 30.1 Å². The third-order valence-electron chi connectivity index (χ3n) is 5.48. The van der Waals surface area contributed by atoms with E-state index in [1.807, 2.05) is 12.4 Å². The summed E-state index contributed by atoms with van der Waals surface area (Å²) in [5.74, 6) is 1.80. The number of aryl methyl sites for hydroxylation is 2. The Balaban J connectivity index is 1.53. The summed E-state index contributed by atoms with van der Waals surface area (Å²) in [7, 11) is 0. The van der Waals surface area contributed by atoms with Crippen LogP contribution in [0, 0.1) is 13.8 Å². The molecule has 2 aliphatic rings. The van der Waals surface area contributed by atoms with Gasteiger partial charge in [0.05, 0.1) is 0 Å². The number of rotatable bonds is 3. The molecular formula is C21H25N3O. The van der Waals surface area contributed by atoms with Crippen LogP contribution in [-0.2, 0) is 11.2 Å². The first-order chi connectivity index (χ1) is 12.1. The van der Waals surface area contributed by atoms with Gasteiger partial charge in [-0.05, 0) is 56.0 Å². The Kier molecular flexibility index (Phi) is 4.30. The second-order valence-corrected chi connectivity index (χ2v) is 7.47. The lowest BCUT2D eigenvalue weighted by molar-refractivity contribution is -0.115. The van der Waals surface area contributed by atoms with Gasteiger partial charge in [-0.25, -0.2) is 4.98 Å². The molecule has 25 heavy (non-hydrogen) atoms. The van der Waals surface area contributed by atoms with Gasteiger partial charge in [0.2, 0.25) is 0 Å². The van der Waals surface area contributed by atoms with E-state index < -0.39 is 0 Å². The van der Waals surface area contributed by atoms with Crippen LogP contribution in [0.1, 0.15) is 46.8 Å². The molecule has 0 radical (unpaired) electrons. The number of fused-ring (bicyclic) bond motifs is 1. The van der Waals surface area contributed by atoms with Gasteiger partial charge in [0, 0.05) is 43.4 Å². The van der Waals surface area contributed by atoms with Crippen molar-refractivity contribution in [2.45, 2.75) is 39.0 Å². The van der Waals surface area contributed by atoms with Gasteiger partial charge in [0.1, 0.15) is 5.82 Å². The van der Waals surface area contributed by atoms with Crippen LogP contribution in [-0.4, -0.2) is 40.3 Å². The molecule has 1 fully saturated rings. The van der Waals surface area contributed by atoms with Crippen LogP contribution in [0.5, 0.6) is 0 Å². The second-order valence-electron chi connectivity index (χ2n) is 7.47. The van der Waals surface area contributed by atoms with Gasteiger partial charge >= 0.3 is 0 Å². The molecule has 0 saturated carbocycles. The molecule has 1 N–H and O–H groups in total. The average Bonchev–Trinajstić information content (AvgIpc) is 3.11. The number of carbonyl (C=O) groups is 1. The van der Waals surface area contributed by atoms with E-state index in [1.54, 1.807) is 0 Å². The Morgan fingerprint density at radius 3 is 3.00 bits per heavy atom. The van der Waals surface area contributed by atoms with Gasteiger partial charge in [-0.1, -0.05) is 17.7 Å². The number of Topliss-reactive ketones (excluding diaryl/α,β-unsaturated/α-hetero) is 1. The fourth-order valence-electron chi connectivity index (χ4n) is 4.24. The third-order valence-corrected chi connectivity index (χ3v) is 5.48. The first-order valence-electron chi connectivity index (χ1n) is 9.15. The molecule has 130 valence electrons. The van der Waals surface area contributed by atoms with Gasteiger partial charge in [-0.2, -0.15) is 0 Å². The molecule has 0 bridgehead atoms. The zero-order valence-electron chi connectivity index (χ0n) is 15.0. The van der Waals surface area contributed by atoms with Gasteiger partial charge < -0.3 is 4.98 Å². The average molecular weight is 335 g/mol. The van der Waals surface area contributed by atoms with Gasteiger partial charge in [0.25, 0.3) is 0 Å². The first kappa shape index (κ1) is 16.3. The molecule has 2 heterocycles. The number of hydrogen-bond acceptors (Lipinski definition) is 3. The summed E-state index contributed by atoms with van der Waals surface area (Å²) in [6.07, 6.45) is 8.70. The maximum atomic E-state index is 12.7. The van der Waals surface area contributed by atoms with Crippen molar-refractivity contribution in [3.63, 3.8) is 0 Å². The zero-order valence-corrected chi connectivity index (χ0v) is 15.0. The molecule has 0 amide bonds. The minimum Gasteiger partial charge on any atom is -0.348 e. The smallest absolute Gasteiger partial charge is 0.164 e. The first-order valence-corrected chi connectivity index (χ1v) is 9.15. The maximum Gasteiger partial charge on any atom is 0.164 e. The van der Waals surface area contributed by atoms with Crippen molar-refractivity contribution >= 4 is 11.9 Å². The quantitative estimate of drug-likeness (QED) is 0.935. The van der Waals surface area contributed by atoms with Crippen LogP contribution in [0.2, 0.25) is 0 Å². The highest BCUT2D eigenvalue weighted by atomic mass is 16.1. The summed E-state index contributed by atoms with van der Waals surface area (Å²) in [4.78, 5) is 22.7. The molecule has 1 aliphatic carbocycles. The van der Waals surface area contributed by atoms with Crippen LogP contribution >= 0.6 is 0 Å². The molecule has 4 nitrogen and oxygen atoms in total. The summed E-state index contributed by atoms with van der Waals surface area (Å²) < 4.78 is 0. The number of carbonyl (C=O) groups excluding carboxylic acids is 1. The van der Waals surface area contributed by atoms with E-state index >= 15 is 0 Å². The summed E-state index contributed by atoms with van der Waals surface area (Å²) in [5.41, 5.74) is 5.88. The van der Waals surface area contributed by atoms with Crippen molar-refractivity contribution in [1.82, 2.24) is 14.9 Å². The number of aromatic amines is 1. The highest BCUT2D eigenvalue weighted by molar-refractivity contribution is 6.04. The number of nitrogens with zero attached hydrogens (tertiary/aromatic N) is 2. The predicted octanol–water partition coefficient (Wildman–Crippen LogP) is 3.41. The molecule has 4 heteroatoms. The normalized spacial score (nSPS) is 21.1. The summed E-state index contributed by atoms with van der Waals surface area (Å²) in [5, 5.41) is 0. The monoisotopic (exact) mass is 335 g/mol. The van der Waals surface area contributed by atoms with E-state index in [2.05, 4.69) is 46.9 Å². The number of H-pyrrole nitrogens is 1. The van der Waals surface area contributed by atoms with Gasteiger partial charge in [-0.15, -0.1) is 0 Å². The second kappa shape index (κ2) is 6.60. The number of piperidine rings is 1. The summed E-state index contributed by atoms with van der Waals surface area (Å²) >= 11 is 0. The van der Waals surface area contributed by atoms with E-state index in [-0.39, 0.29) is 5.78 Å². The van der Waals surface area contributed by atoms with E-state index in [4.69, 9.17) is 0 Å². The number of ketones is 1. The third kappa shape index (κ3) is 3.31. The van der Waals surface area contributed by atoms with Crippen molar-refractivity contribution in [3.8, 4) is 0 Å². The minimum atomic E-state index is 0.277. The molecule has 1 aromatic heterocycles. The Hall–Kier alpha value is -2.20. The zero-order chi connectivity index (χ0) is 17.4. The van der Waals surface area contributed by atoms with Gasteiger partial charge in [-0.3, -0.25) is 9.69 Å². The molecule has 0 spiro atoms. The Bertz CT molecular complexity index is 820. The lowest BCUT2D eigenvalue weighted by atomic mass is 9.86. The number of imidazole rings is 1. The van der Waals surface area contributed by atoms with Crippen LogP contribution in [0.25, 0.3) is 6.08 Å². The number of hydrogen-bond donors (Lipinski definition) is 1. The maximum absolute atomic E-state index is 12.7. The Labute approximate surface area is 149 Å². The molecule has 1 atom stereocenters. The van der Waals surface area contributed by atoms with E-state index in [0.717, 1.165) is 43.9 Å². The van der Waals surface area contributed by atoms with Crippen LogP contribution in [0.3, 0.4) is 0 Å². The predicted molar refractivity (Wildman–Crippen MR) is 99.6 cm³/mol. The highest BCUT2D eigenvalue weighted by Crippen LogP contribution is 2.29. The molecule has 4 rings (SSSR count). The van der Waals surface area contributed by atoms with E-state index in [0.29, 0.717) is 12.3 Å². The standard InChI is InChI=1S/C21H25N3O/c1-14-8-15(2)19-11-20(25)18(10-17(19)9-14)13-24-7-3-4-16(12-24)21-22-5-6-23-21/h5-6,8-10,16H,3-4,7,11-13H2,1-2H3,(H,22,23). The van der Waals surface area contributed by atoms with Crippen molar-refractivity contribution in [3.05, 3.63) is 58.2 Å². The molecule has 1 unspecified atom stereocenters. The van der Waals surface area contributed by atoms with Crippen molar-refractivity contribution < 1.29 is 4.79 Å². The number of likely N-dealkylation sites (tertiary alicyclic amines) is 1. The highest BCUT2D eigenvalue weighted by Gasteiger charge is 2.26. The molecule has 1 saturated heterocycles. The van der Waals surface area contributed by atoms with Crippen LogP contribution in [0.4, 0.5) is 0 Å². The van der Waals surface area contributed by atoms with E-state index in [9.17, 15) is 4.79 Å². The molecule has 1 aromatic carbocycles. The lowest BCUT2D eigenvalue weighted by Gasteiger charge is -2.33.